The number of hydrogen-bond acceptors (Lipinski definition) is 6. The van der Waals surface area contributed by atoms with Crippen LogP contribution in [0.3, 0.4) is 0 Å². The zero-order chi connectivity index (χ0) is 82.9. The van der Waals surface area contributed by atoms with Gasteiger partial charge in [-0.3, -0.25) is 0 Å². The van der Waals surface area contributed by atoms with Crippen molar-refractivity contribution >= 4 is 46.4 Å². The Bertz CT molecular complexity index is 4290. The minimum atomic E-state index is 0.729. The number of benzene rings is 6. The number of unbranched alkanes of at least 4 members (excludes halogenated alkanes) is 44. The van der Waals surface area contributed by atoms with Gasteiger partial charge in [0.25, 0.3) is 0 Å². The highest BCUT2D eigenvalue weighted by atomic mass is 16.5. The van der Waals surface area contributed by atoms with E-state index in [1.165, 1.54) is 283 Å². The predicted octanol–water partition coefficient (Wildman–Crippen LogP) is 35.0. The van der Waals surface area contributed by atoms with Crippen LogP contribution in [-0.4, -0.2) is 46.4 Å². The van der Waals surface area contributed by atoms with Gasteiger partial charge in [-0.25, -0.2) is 9.97 Å². The van der Waals surface area contributed by atoms with Crippen LogP contribution in [0.1, 0.15) is 359 Å². The Morgan fingerprint density at radius 1 is 0.208 bits per heavy atom. The Morgan fingerprint density at radius 3 is 0.683 bits per heavy atom. The first-order chi connectivity index (χ1) is 59.4. The number of aromatic amines is 2. The first-order valence-corrected chi connectivity index (χ1v) is 48.8. The van der Waals surface area contributed by atoms with Gasteiger partial charge in [0.15, 0.2) is 0 Å². The molecule has 2 N–H and O–H groups in total. The summed E-state index contributed by atoms with van der Waals surface area (Å²) in [5.74, 6) is 3.64. The highest BCUT2D eigenvalue weighted by Crippen LogP contribution is 2.43. The molecule has 3 aromatic heterocycles. The molecule has 6 aromatic carbocycles. The molecule has 5 heterocycles. The second kappa shape index (κ2) is 54.5. The standard InChI is InChI=1S/C112H150N4O4/c1-5-9-13-17-21-25-29-33-37-41-45-49-81-117-99-67-53-89(54-68-99)103-75-61-93(85-105(103)91-57-71-101(72-58-91)119-83-51-47-43-39-35-31-27-23-19-15-11-7-3)111-107-77-63-95(113-107)87-97-65-79-109(115-97)112(110-80-66-98(116-110)88-96-64-78-108(111)114-96)94-62-76-104(90-55-69-100(70-56-90)118-82-50-46-42-38-34-30-26-22-18-14-10-6-2)106(86-94)92-59-73-102(74-60-92)120-84-52-48-44-40-36-32-28-24-20-16-12-8-4/h53-80,85-88,113,116H,5-52,81-84H2,1-4H3. The molecule has 8 bridgehead atoms. The smallest absolute Gasteiger partial charge is 0.119 e. The van der Waals surface area contributed by atoms with Crippen LogP contribution in [0.2, 0.25) is 0 Å². The van der Waals surface area contributed by atoms with Crippen LogP contribution in [0, 0.1) is 0 Å². The van der Waals surface area contributed by atoms with E-state index < -0.39 is 0 Å². The second-order valence-corrected chi connectivity index (χ2v) is 34.8. The predicted molar refractivity (Wildman–Crippen MR) is 518 cm³/mol. The summed E-state index contributed by atoms with van der Waals surface area (Å²) in [6, 6.07) is 62.0. The number of hydrogen-bond donors (Lipinski definition) is 2. The number of ether oxygens (including phenoxy) is 4. The number of fused-ring (bicyclic) bond motifs is 8. The molecular formula is C112H150N4O4. The number of nitrogens with one attached hydrogen (secondary N) is 2. The first kappa shape index (κ1) is 91.9. The third-order valence-electron chi connectivity index (χ3n) is 24.7. The normalized spacial score (nSPS) is 11.8. The molecule has 0 spiro atoms. The fraction of sp³-hybridized carbons (Fsp3) is 0.500. The van der Waals surface area contributed by atoms with Crippen LogP contribution < -0.4 is 18.9 Å². The average Bonchev–Trinajstić information content (AvgIpc) is 1.40. The van der Waals surface area contributed by atoms with Crippen molar-refractivity contribution in [2.45, 2.75) is 336 Å². The third kappa shape index (κ3) is 31.5. The lowest BCUT2D eigenvalue weighted by atomic mass is 9.90. The van der Waals surface area contributed by atoms with Crippen molar-refractivity contribution in [2.75, 3.05) is 26.4 Å². The van der Waals surface area contributed by atoms with Crippen LogP contribution in [0.4, 0.5) is 0 Å². The molecule has 0 saturated heterocycles. The van der Waals surface area contributed by atoms with Crippen molar-refractivity contribution in [3.8, 4) is 89.8 Å². The fourth-order valence-corrected chi connectivity index (χ4v) is 17.5. The molecule has 0 aliphatic carbocycles. The fourth-order valence-electron chi connectivity index (χ4n) is 17.5. The average molecular weight is 1620 g/mol. The van der Waals surface area contributed by atoms with Gasteiger partial charge in [0.1, 0.15) is 23.0 Å². The largest absolute Gasteiger partial charge is 0.494 e. The lowest BCUT2D eigenvalue weighted by Crippen LogP contribution is -1.98. The van der Waals surface area contributed by atoms with E-state index in [1.54, 1.807) is 0 Å². The van der Waals surface area contributed by atoms with Crippen molar-refractivity contribution in [1.82, 2.24) is 19.9 Å². The molecule has 2 aliphatic heterocycles. The van der Waals surface area contributed by atoms with Crippen molar-refractivity contribution in [1.29, 1.82) is 0 Å². The Kier molecular flexibility index (Phi) is 41.7. The second-order valence-electron chi connectivity index (χ2n) is 34.8. The zero-order valence-electron chi connectivity index (χ0n) is 74.8. The van der Waals surface area contributed by atoms with Gasteiger partial charge in [0.05, 0.1) is 49.2 Å². The zero-order valence-corrected chi connectivity index (χ0v) is 74.8. The van der Waals surface area contributed by atoms with Gasteiger partial charge in [0.2, 0.25) is 0 Å². The Hall–Kier alpha value is -8.88. The van der Waals surface area contributed by atoms with Gasteiger partial charge in [-0.2, -0.15) is 0 Å². The summed E-state index contributed by atoms with van der Waals surface area (Å²) in [7, 11) is 0. The summed E-state index contributed by atoms with van der Waals surface area (Å²) < 4.78 is 25.7. The number of rotatable bonds is 62. The van der Waals surface area contributed by atoms with Gasteiger partial charge in [0, 0.05) is 33.2 Å². The minimum absolute atomic E-state index is 0.729. The molecular weight excluding hydrogens is 1470 g/mol. The van der Waals surface area contributed by atoms with Crippen LogP contribution in [0.15, 0.2) is 170 Å². The van der Waals surface area contributed by atoms with Gasteiger partial charge in [-0.05, 0) is 203 Å². The topological polar surface area (TPSA) is 94.3 Å². The molecule has 0 saturated carbocycles. The van der Waals surface area contributed by atoms with Crippen molar-refractivity contribution < 1.29 is 18.9 Å². The van der Waals surface area contributed by atoms with Gasteiger partial charge in [-0.15, -0.1) is 0 Å². The van der Waals surface area contributed by atoms with Crippen LogP contribution >= 0.6 is 0 Å². The highest BCUT2D eigenvalue weighted by molar-refractivity contribution is 5.97. The first-order valence-electron chi connectivity index (χ1n) is 48.8. The van der Waals surface area contributed by atoms with Crippen LogP contribution in [0.25, 0.3) is 113 Å². The summed E-state index contributed by atoms with van der Waals surface area (Å²) in [5.41, 5.74) is 20.6. The molecule has 8 nitrogen and oxygen atoms in total. The van der Waals surface area contributed by atoms with Crippen LogP contribution in [-0.2, 0) is 0 Å². The monoisotopic (exact) mass is 1620 g/mol. The van der Waals surface area contributed by atoms with E-state index >= 15 is 0 Å². The minimum Gasteiger partial charge on any atom is -0.494 e. The Labute approximate surface area is 725 Å². The van der Waals surface area contributed by atoms with E-state index in [0.29, 0.717) is 0 Å². The lowest BCUT2D eigenvalue weighted by Gasteiger charge is -2.15. The lowest BCUT2D eigenvalue weighted by molar-refractivity contribution is 0.304. The Balaban J connectivity index is 0.835. The van der Waals surface area contributed by atoms with Crippen molar-refractivity contribution in [2.24, 2.45) is 0 Å². The molecule has 0 unspecified atom stereocenters. The number of H-pyrrole nitrogens is 2. The third-order valence-corrected chi connectivity index (χ3v) is 24.7. The molecule has 0 amide bonds. The molecule has 9 aromatic rings. The summed E-state index contributed by atoms with van der Waals surface area (Å²) in [6.07, 6.45) is 72.3. The van der Waals surface area contributed by atoms with E-state index in [0.717, 1.165) is 187 Å². The summed E-state index contributed by atoms with van der Waals surface area (Å²) in [4.78, 5) is 18.7. The summed E-state index contributed by atoms with van der Waals surface area (Å²) in [5, 5.41) is 0. The highest BCUT2D eigenvalue weighted by Gasteiger charge is 2.20. The maximum absolute atomic E-state index is 6.44. The van der Waals surface area contributed by atoms with E-state index in [4.69, 9.17) is 28.9 Å². The summed E-state index contributed by atoms with van der Waals surface area (Å²) in [6.45, 7) is 12.1. The molecule has 2 aliphatic rings. The quantitative estimate of drug-likeness (QED) is 0.0369. The van der Waals surface area contributed by atoms with Gasteiger partial charge >= 0.3 is 0 Å². The maximum Gasteiger partial charge on any atom is 0.119 e. The molecule has 0 fully saturated rings. The van der Waals surface area contributed by atoms with Gasteiger partial charge in [-0.1, -0.05) is 383 Å². The molecule has 8 heteroatoms. The molecule has 0 radical (unpaired) electrons. The van der Waals surface area contributed by atoms with E-state index in [9.17, 15) is 0 Å². The Morgan fingerprint density at radius 2 is 0.433 bits per heavy atom. The molecule has 120 heavy (non-hydrogen) atoms. The van der Waals surface area contributed by atoms with E-state index in [-0.39, 0.29) is 0 Å². The maximum atomic E-state index is 6.44. The van der Waals surface area contributed by atoms with E-state index in [2.05, 4.69) is 232 Å². The molecule has 11 rings (SSSR count). The summed E-state index contributed by atoms with van der Waals surface area (Å²) >= 11 is 0. The van der Waals surface area contributed by atoms with Crippen LogP contribution in [0.5, 0.6) is 23.0 Å². The number of aromatic nitrogens is 4. The van der Waals surface area contributed by atoms with Crippen molar-refractivity contribution in [3.05, 3.63) is 193 Å². The van der Waals surface area contributed by atoms with E-state index in [1.807, 2.05) is 0 Å². The van der Waals surface area contributed by atoms with Gasteiger partial charge < -0.3 is 28.9 Å². The molecule has 642 valence electrons. The molecule has 0 atom stereocenters. The SMILES string of the molecule is CCCCCCCCCCCCCCOc1ccc(-c2ccc(-c3c4nc(cc5ccc([nH]5)c(-c5ccc(-c6ccc(OCCCCCCCCCCCCCC)cc6)c(-c6ccc(OCCCCCCCCCCCCCC)cc6)c5)c5nc(cc6ccc3[nH]6)C=C5)C=C4)cc2-c2ccc(OCCCCCCCCCCCCCC)cc2)cc1. The van der Waals surface area contributed by atoms with Crippen molar-refractivity contribution in [3.63, 3.8) is 0 Å². The number of nitrogens with zero attached hydrogens (tertiary/aromatic N) is 2.